The number of carbonyl (C=O) groups excluding carboxylic acids is 2. The second-order valence-corrected chi connectivity index (χ2v) is 17.7. The molecule has 0 bridgehead atoms. The fraction of sp³-hybridized carbons (Fsp3) is 0.582. The zero-order valence-corrected chi connectivity index (χ0v) is 38.9. The Bertz CT molecular complexity index is 1690. The first-order valence-electron chi connectivity index (χ1n) is 25.2. The summed E-state index contributed by atoms with van der Waals surface area (Å²) in [6, 6.07) is 25.2. The van der Waals surface area contributed by atoms with E-state index in [0.717, 1.165) is 42.4 Å². The fourth-order valence-electron chi connectivity index (χ4n) is 8.33. The number of aryl methyl sites for hydroxylation is 2. The third-order valence-electron chi connectivity index (χ3n) is 12.1. The van der Waals surface area contributed by atoms with Crippen LogP contribution in [0.4, 0.5) is 11.9 Å². The first-order chi connectivity index (χ1) is 30.6. The van der Waals surface area contributed by atoms with Crippen molar-refractivity contribution in [1.82, 2.24) is 15.0 Å². The van der Waals surface area contributed by atoms with Gasteiger partial charge in [0.15, 0.2) is 5.82 Å². The minimum absolute atomic E-state index is 0.0862. The molecule has 2 N–H and O–H groups in total. The highest BCUT2D eigenvalue weighted by atomic mass is 16.2. The molecule has 0 aliphatic heterocycles. The van der Waals surface area contributed by atoms with Crippen LogP contribution in [-0.2, 0) is 12.8 Å². The van der Waals surface area contributed by atoms with Gasteiger partial charge >= 0.3 is 0 Å². The van der Waals surface area contributed by atoms with Crippen molar-refractivity contribution in [3.8, 4) is 11.4 Å². The summed E-state index contributed by atoms with van der Waals surface area (Å²) >= 11 is 0. The van der Waals surface area contributed by atoms with Crippen LogP contribution in [0.3, 0.4) is 0 Å². The highest BCUT2D eigenvalue weighted by molar-refractivity contribution is 6.05. The van der Waals surface area contributed by atoms with Gasteiger partial charge in [-0.15, -0.1) is 0 Å². The SMILES string of the molecule is CCCCCCCCCCCCCCCCc1cccc(C(=O)Nc2nc(NC(=O)c3cccc(CCCCCCCCCCCCCCCC)c3)nc(-c3ccccc3)n2)c1. The molecule has 338 valence electrons. The highest BCUT2D eigenvalue weighted by Gasteiger charge is 2.16. The molecule has 3 aromatic carbocycles. The summed E-state index contributed by atoms with van der Waals surface area (Å²) in [7, 11) is 0. The molecule has 2 amide bonds. The van der Waals surface area contributed by atoms with E-state index in [9.17, 15) is 9.59 Å². The van der Waals surface area contributed by atoms with Crippen LogP contribution in [0.5, 0.6) is 0 Å². The molecule has 0 fully saturated rings. The summed E-state index contributed by atoms with van der Waals surface area (Å²) in [6.07, 6.45) is 39.3. The van der Waals surface area contributed by atoms with Crippen LogP contribution in [0.15, 0.2) is 78.9 Å². The van der Waals surface area contributed by atoms with E-state index in [0.29, 0.717) is 17.0 Å². The van der Waals surface area contributed by atoms with Gasteiger partial charge in [0.2, 0.25) is 11.9 Å². The largest absolute Gasteiger partial charge is 0.290 e. The fourth-order valence-corrected chi connectivity index (χ4v) is 8.33. The number of anilines is 2. The molecule has 7 heteroatoms. The summed E-state index contributed by atoms with van der Waals surface area (Å²) in [5, 5.41) is 5.77. The monoisotopic (exact) mass is 844 g/mol. The van der Waals surface area contributed by atoms with E-state index in [1.165, 1.54) is 167 Å². The quantitative estimate of drug-likeness (QED) is 0.0450. The van der Waals surface area contributed by atoms with E-state index in [1.54, 1.807) is 0 Å². The highest BCUT2D eigenvalue weighted by Crippen LogP contribution is 2.21. The maximum atomic E-state index is 13.6. The second kappa shape index (κ2) is 32.3. The van der Waals surface area contributed by atoms with Crippen molar-refractivity contribution < 1.29 is 9.59 Å². The molecule has 0 aliphatic carbocycles. The zero-order chi connectivity index (χ0) is 43.7. The van der Waals surface area contributed by atoms with E-state index in [4.69, 9.17) is 0 Å². The molecule has 4 rings (SSSR count). The molecule has 0 atom stereocenters. The lowest BCUT2D eigenvalue weighted by Gasteiger charge is -2.11. The Morgan fingerprint density at radius 2 is 0.726 bits per heavy atom. The van der Waals surface area contributed by atoms with Gasteiger partial charge in [0.05, 0.1) is 0 Å². The molecule has 0 spiro atoms. The lowest BCUT2D eigenvalue weighted by atomic mass is 10.0. The average molecular weight is 844 g/mol. The summed E-state index contributed by atoms with van der Waals surface area (Å²) in [4.78, 5) is 40.8. The van der Waals surface area contributed by atoms with Gasteiger partial charge in [-0.05, 0) is 61.1 Å². The third kappa shape index (κ3) is 21.6. The molecule has 0 saturated heterocycles. The lowest BCUT2D eigenvalue weighted by molar-refractivity contribution is 0.101. The van der Waals surface area contributed by atoms with Crippen molar-refractivity contribution in [2.24, 2.45) is 0 Å². The van der Waals surface area contributed by atoms with Crippen LogP contribution < -0.4 is 10.6 Å². The Morgan fingerprint density at radius 3 is 1.08 bits per heavy atom. The maximum Gasteiger partial charge on any atom is 0.258 e. The van der Waals surface area contributed by atoms with Crippen LogP contribution in [0.25, 0.3) is 11.4 Å². The van der Waals surface area contributed by atoms with Crippen molar-refractivity contribution >= 4 is 23.7 Å². The molecule has 0 unspecified atom stereocenters. The standard InChI is InChI=1S/C55H81N5O2/c1-3-5-7-9-11-13-15-17-19-21-23-25-27-30-36-46-38-34-42-49(44-46)52(61)58-54-56-51(48-40-32-29-33-41-48)57-55(60-54)59-53(62)50-43-35-39-47(45-50)37-31-28-26-24-22-20-18-16-14-12-10-8-6-4-2/h29,32-35,38-45H,3-28,30-31,36-37H2,1-2H3,(H2,56,57,58,59,60,61,62). The number of hydrogen-bond donors (Lipinski definition) is 2. The number of nitrogens with zero attached hydrogens (tertiary/aromatic N) is 3. The number of hydrogen-bond acceptors (Lipinski definition) is 5. The molecule has 0 radical (unpaired) electrons. The van der Waals surface area contributed by atoms with Gasteiger partial charge in [-0.2, -0.15) is 15.0 Å². The Kier molecular flexibility index (Phi) is 26.2. The third-order valence-corrected chi connectivity index (χ3v) is 12.1. The van der Waals surface area contributed by atoms with Crippen molar-refractivity contribution in [3.05, 3.63) is 101 Å². The Labute approximate surface area is 376 Å². The average Bonchev–Trinajstić information content (AvgIpc) is 3.29. The lowest BCUT2D eigenvalue weighted by Crippen LogP contribution is -2.19. The van der Waals surface area contributed by atoms with Crippen molar-refractivity contribution in [1.29, 1.82) is 0 Å². The zero-order valence-electron chi connectivity index (χ0n) is 38.9. The molecule has 4 aromatic rings. The number of rotatable bonds is 35. The minimum atomic E-state index is -0.300. The van der Waals surface area contributed by atoms with Gasteiger partial charge in [0.25, 0.3) is 11.8 Å². The maximum absolute atomic E-state index is 13.6. The first kappa shape index (κ1) is 50.3. The summed E-state index contributed by atoms with van der Waals surface area (Å²) in [5.41, 5.74) is 4.16. The summed E-state index contributed by atoms with van der Waals surface area (Å²) in [5.74, 6) is -0.0616. The molecule has 0 aliphatic rings. The summed E-state index contributed by atoms with van der Waals surface area (Å²) in [6.45, 7) is 4.56. The van der Waals surface area contributed by atoms with Crippen molar-refractivity contribution in [3.63, 3.8) is 0 Å². The van der Waals surface area contributed by atoms with Crippen LogP contribution >= 0.6 is 0 Å². The summed E-state index contributed by atoms with van der Waals surface area (Å²) < 4.78 is 0. The van der Waals surface area contributed by atoms with E-state index in [2.05, 4.69) is 51.6 Å². The van der Waals surface area contributed by atoms with Gasteiger partial charge in [-0.1, -0.05) is 235 Å². The van der Waals surface area contributed by atoms with Gasteiger partial charge in [0.1, 0.15) is 0 Å². The van der Waals surface area contributed by atoms with Crippen LogP contribution in [0.1, 0.15) is 225 Å². The van der Waals surface area contributed by atoms with Crippen LogP contribution in [0.2, 0.25) is 0 Å². The van der Waals surface area contributed by atoms with Gasteiger partial charge in [-0.25, -0.2) is 0 Å². The van der Waals surface area contributed by atoms with Crippen molar-refractivity contribution in [2.75, 3.05) is 10.6 Å². The van der Waals surface area contributed by atoms with E-state index in [-0.39, 0.29) is 23.7 Å². The van der Waals surface area contributed by atoms with Gasteiger partial charge < -0.3 is 0 Å². The molecule has 7 nitrogen and oxygen atoms in total. The number of unbranched alkanes of at least 4 members (excludes halogenated alkanes) is 26. The first-order valence-corrected chi connectivity index (χ1v) is 25.2. The Hall–Kier alpha value is -4.39. The Morgan fingerprint density at radius 1 is 0.387 bits per heavy atom. The molecular formula is C55H81N5O2. The minimum Gasteiger partial charge on any atom is -0.290 e. The molecule has 1 aromatic heterocycles. The second-order valence-electron chi connectivity index (χ2n) is 17.7. The van der Waals surface area contributed by atoms with E-state index >= 15 is 0 Å². The van der Waals surface area contributed by atoms with Crippen molar-refractivity contribution in [2.45, 2.75) is 206 Å². The predicted octanol–water partition coefficient (Wildman–Crippen LogP) is 16.1. The molecule has 62 heavy (non-hydrogen) atoms. The number of carbonyl (C=O) groups is 2. The normalized spacial score (nSPS) is 11.2. The number of benzene rings is 3. The van der Waals surface area contributed by atoms with Crippen LogP contribution in [0, 0.1) is 0 Å². The number of nitrogens with one attached hydrogen (secondary N) is 2. The van der Waals surface area contributed by atoms with Crippen LogP contribution in [-0.4, -0.2) is 26.8 Å². The van der Waals surface area contributed by atoms with Gasteiger partial charge in [0, 0.05) is 16.7 Å². The smallest absolute Gasteiger partial charge is 0.258 e. The molecule has 1 heterocycles. The number of amides is 2. The van der Waals surface area contributed by atoms with Gasteiger partial charge in [-0.3, -0.25) is 20.2 Å². The van der Waals surface area contributed by atoms with E-state index < -0.39 is 0 Å². The molecular weight excluding hydrogens is 763 g/mol. The predicted molar refractivity (Wildman–Crippen MR) is 262 cm³/mol. The number of aromatic nitrogens is 3. The Balaban J connectivity index is 1.20. The topological polar surface area (TPSA) is 96.9 Å². The van der Waals surface area contributed by atoms with E-state index in [1.807, 2.05) is 66.7 Å². The molecule has 0 saturated carbocycles.